The van der Waals surface area contributed by atoms with E-state index in [4.69, 9.17) is 33.4 Å². The van der Waals surface area contributed by atoms with Gasteiger partial charge in [-0.15, -0.1) is 0 Å². The second-order valence-corrected chi connectivity index (χ2v) is 4.08. The first-order chi connectivity index (χ1) is 7.93. The van der Waals surface area contributed by atoms with Gasteiger partial charge in [-0.05, 0) is 18.2 Å². The topological polar surface area (TPSA) is 86.6 Å². The quantitative estimate of drug-likeness (QED) is 0.771. The molecule has 17 heavy (non-hydrogen) atoms. The molecule has 1 aromatic carbocycles. The Labute approximate surface area is 107 Å². The zero-order valence-electron chi connectivity index (χ0n) is 8.48. The predicted octanol–water partition coefficient (Wildman–Crippen LogP) is 1.17. The van der Waals surface area contributed by atoms with E-state index in [0.29, 0.717) is 0 Å². The molecule has 0 radical (unpaired) electrons. The van der Waals surface area contributed by atoms with E-state index in [-0.39, 0.29) is 15.6 Å². The van der Waals surface area contributed by atoms with Crippen molar-refractivity contribution in [3.05, 3.63) is 33.8 Å². The predicted molar refractivity (Wildman–Crippen MR) is 62.4 cm³/mol. The lowest BCUT2D eigenvalue weighted by atomic mass is 10.2. The van der Waals surface area contributed by atoms with Crippen molar-refractivity contribution in [3.8, 4) is 0 Å². The number of rotatable bonds is 4. The largest absolute Gasteiger partial charge is 0.480 e. The van der Waals surface area contributed by atoms with E-state index in [1.54, 1.807) is 0 Å². The molecule has 0 saturated carbocycles. The molecule has 5 nitrogen and oxygen atoms in total. The highest BCUT2D eigenvalue weighted by molar-refractivity contribution is 6.35. The average molecular weight is 278 g/mol. The third kappa shape index (κ3) is 3.89. The van der Waals surface area contributed by atoms with Crippen LogP contribution in [0.5, 0.6) is 0 Å². The summed E-state index contributed by atoms with van der Waals surface area (Å²) < 4.78 is 0. The summed E-state index contributed by atoms with van der Waals surface area (Å²) >= 11 is 11.4. The van der Waals surface area contributed by atoms with Gasteiger partial charge in [-0.25, -0.2) is 4.79 Å². The van der Waals surface area contributed by atoms with Crippen molar-refractivity contribution >= 4 is 35.1 Å². The standard InChI is InChI=1S/C10H9Cl2NO4/c11-6-1-5(2-7(12)3-6)9(15)13-8(4-14)10(16)17/h1-3,8,14H,4H2,(H,13,15)(H,16,17)/t8-/m0/s1. The molecule has 1 rings (SSSR count). The van der Waals surface area contributed by atoms with E-state index in [1.807, 2.05) is 0 Å². The Morgan fingerprint density at radius 3 is 2.18 bits per heavy atom. The van der Waals surface area contributed by atoms with Crippen molar-refractivity contribution in [1.82, 2.24) is 5.32 Å². The number of aliphatic hydroxyl groups is 1. The Hall–Kier alpha value is -1.30. The maximum atomic E-state index is 11.6. The average Bonchev–Trinajstić information content (AvgIpc) is 2.23. The Morgan fingerprint density at radius 2 is 1.76 bits per heavy atom. The Balaban J connectivity index is 2.86. The molecular formula is C10H9Cl2NO4. The van der Waals surface area contributed by atoms with Gasteiger partial charge >= 0.3 is 5.97 Å². The second-order valence-electron chi connectivity index (χ2n) is 3.20. The summed E-state index contributed by atoms with van der Waals surface area (Å²) in [5, 5.41) is 20.1. The van der Waals surface area contributed by atoms with Gasteiger partial charge in [0.2, 0.25) is 0 Å². The highest BCUT2D eigenvalue weighted by Gasteiger charge is 2.19. The number of benzene rings is 1. The lowest BCUT2D eigenvalue weighted by molar-refractivity contribution is -0.140. The summed E-state index contributed by atoms with van der Waals surface area (Å²) in [6.07, 6.45) is 0. The fourth-order valence-corrected chi connectivity index (χ4v) is 1.64. The molecule has 0 aromatic heterocycles. The van der Waals surface area contributed by atoms with E-state index in [0.717, 1.165) is 0 Å². The summed E-state index contributed by atoms with van der Waals surface area (Å²) in [6, 6.07) is 2.78. The minimum atomic E-state index is -1.36. The first kappa shape index (κ1) is 13.8. The Bertz CT molecular complexity index is 430. The zero-order chi connectivity index (χ0) is 13.0. The van der Waals surface area contributed by atoms with Crippen molar-refractivity contribution in [2.45, 2.75) is 6.04 Å². The van der Waals surface area contributed by atoms with Crippen molar-refractivity contribution in [1.29, 1.82) is 0 Å². The fraction of sp³-hybridized carbons (Fsp3) is 0.200. The van der Waals surface area contributed by atoms with Crippen LogP contribution in [0.15, 0.2) is 18.2 Å². The summed E-state index contributed by atoms with van der Waals surface area (Å²) in [4.78, 5) is 22.2. The van der Waals surface area contributed by atoms with Gasteiger partial charge in [0.25, 0.3) is 5.91 Å². The minimum Gasteiger partial charge on any atom is -0.480 e. The third-order valence-corrected chi connectivity index (χ3v) is 2.35. The summed E-state index contributed by atoms with van der Waals surface area (Å²) in [6.45, 7) is -0.699. The van der Waals surface area contributed by atoms with Crippen molar-refractivity contribution in [2.75, 3.05) is 6.61 Å². The van der Waals surface area contributed by atoms with Crippen LogP contribution < -0.4 is 5.32 Å². The molecule has 92 valence electrons. The van der Waals surface area contributed by atoms with Gasteiger partial charge in [0.15, 0.2) is 6.04 Å². The Morgan fingerprint density at radius 1 is 1.24 bits per heavy atom. The molecule has 0 aliphatic rings. The number of carboxylic acid groups (broad SMARTS) is 1. The van der Waals surface area contributed by atoms with Crippen LogP contribution in [0, 0.1) is 0 Å². The van der Waals surface area contributed by atoms with Crippen LogP contribution >= 0.6 is 23.2 Å². The number of amides is 1. The second kappa shape index (κ2) is 5.86. The molecule has 0 saturated heterocycles. The molecule has 7 heteroatoms. The van der Waals surface area contributed by atoms with Crippen molar-refractivity contribution in [3.63, 3.8) is 0 Å². The number of aliphatic carboxylic acids is 1. The lowest BCUT2D eigenvalue weighted by Crippen LogP contribution is -2.43. The highest BCUT2D eigenvalue weighted by atomic mass is 35.5. The van der Waals surface area contributed by atoms with Crippen LogP contribution in [0.25, 0.3) is 0 Å². The van der Waals surface area contributed by atoms with E-state index < -0.39 is 24.5 Å². The van der Waals surface area contributed by atoms with Gasteiger partial charge in [0, 0.05) is 15.6 Å². The normalized spacial score (nSPS) is 11.9. The molecule has 0 fully saturated rings. The molecule has 0 heterocycles. The third-order valence-electron chi connectivity index (χ3n) is 1.91. The molecule has 1 amide bonds. The maximum absolute atomic E-state index is 11.6. The van der Waals surface area contributed by atoms with Crippen LogP contribution in [-0.4, -0.2) is 34.7 Å². The van der Waals surface area contributed by atoms with Crippen LogP contribution in [0.2, 0.25) is 10.0 Å². The first-order valence-corrected chi connectivity index (χ1v) is 5.30. The number of carbonyl (C=O) groups excluding carboxylic acids is 1. The van der Waals surface area contributed by atoms with E-state index in [2.05, 4.69) is 5.32 Å². The molecular weight excluding hydrogens is 269 g/mol. The molecule has 1 aromatic rings. The van der Waals surface area contributed by atoms with Gasteiger partial charge in [-0.3, -0.25) is 4.79 Å². The molecule has 1 atom stereocenters. The van der Waals surface area contributed by atoms with Gasteiger partial charge in [0.05, 0.1) is 6.61 Å². The number of halogens is 2. The van der Waals surface area contributed by atoms with Gasteiger partial charge < -0.3 is 15.5 Å². The number of carboxylic acids is 1. The highest BCUT2D eigenvalue weighted by Crippen LogP contribution is 2.18. The van der Waals surface area contributed by atoms with Gasteiger partial charge in [-0.2, -0.15) is 0 Å². The zero-order valence-corrected chi connectivity index (χ0v) is 10.00. The van der Waals surface area contributed by atoms with E-state index in [9.17, 15) is 9.59 Å². The summed E-state index contributed by atoms with van der Waals surface area (Å²) in [7, 11) is 0. The van der Waals surface area contributed by atoms with Crippen LogP contribution in [0.3, 0.4) is 0 Å². The lowest BCUT2D eigenvalue weighted by Gasteiger charge is -2.11. The van der Waals surface area contributed by atoms with Gasteiger partial charge in [0.1, 0.15) is 0 Å². The fourth-order valence-electron chi connectivity index (χ4n) is 1.11. The minimum absolute atomic E-state index is 0.127. The molecule has 0 bridgehead atoms. The summed E-state index contributed by atoms with van der Waals surface area (Å²) in [5.74, 6) is -2.00. The van der Waals surface area contributed by atoms with Crippen LogP contribution in [0.1, 0.15) is 10.4 Å². The molecule has 0 spiro atoms. The Kier molecular flexibility index (Phi) is 4.74. The van der Waals surface area contributed by atoms with Crippen molar-refractivity contribution in [2.24, 2.45) is 0 Å². The smallest absolute Gasteiger partial charge is 0.328 e. The number of nitrogens with one attached hydrogen (secondary N) is 1. The first-order valence-electron chi connectivity index (χ1n) is 4.54. The van der Waals surface area contributed by atoms with Crippen LogP contribution in [-0.2, 0) is 4.79 Å². The summed E-state index contributed by atoms with van der Waals surface area (Å²) in [5.41, 5.74) is 0.127. The maximum Gasteiger partial charge on any atom is 0.328 e. The number of hydrogen-bond donors (Lipinski definition) is 3. The van der Waals surface area contributed by atoms with E-state index in [1.165, 1.54) is 18.2 Å². The molecule has 3 N–H and O–H groups in total. The number of aliphatic hydroxyl groups excluding tert-OH is 1. The SMILES string of the molecule is O=C(N[C@@H](CO)C(=O)O)c1cc(Cl)cc(Cl)c1. The molecule has 0 aliphatic heterocycles. The monoisotopic (exact) mass is 277 g/mol. The van der Waals surface area contributed by atoms with Crippen LogP contribution in [0.4, 0.5) is 0 Å². The molecule has 0 aliphatic carbocycles. The van der Waals surface area contributed by atoms with E-state index >= 15 is 0 Å². The van der Waals surface area contributed by atoms with Crippen molar-refractivity contribution < 1.29 is 19.8 Å². The molecule has 0 unspecified atom stereocenters. The van der Waals surface area contributed by atoms with Gasteiger partial charge in [-0.1, -0.05) is 23.2 Å². The number of hydrogen-bond acceptors (Lipinski definition) is 3. The number of carbonyl (C=O) groups is 2.